The van der Waals surface area contributed by atoms with Crippen LogP contribution in [0.2, 0.25) is 0 Å². The Morgan fingerprint density at radius 2 is 1.73 bits per heavy atom. The van der Waals surface area contributed by atoms with Gasteiger partial charge in [0.05, 0.1) is 4.90 Å². The summed E-state index contributed by atoms with van der Waals surface area (Å²) in [6.07, 6.45) is 1.41. The molecule has 1 amide bonds. The predicted molar refractivity (Wildman–Crippen MR) is 110 cm³/mol. The summed E-state index contributed by atoms with van der Waals surface area (Å²) in [6.45, 7) is 2.73. The molecule has 1 aliphatic rings. The van der Waals surface area contributed by atoms with Crippen molar-refractivity contribution in [3.8, 4) is 0 Å². The number of aryl methyl sites for hydroxylation is 1. The molecule has 1 saturated heterocycles. The molecule has 1 aromatic carbocycles. The van der Waals surface area contributed by atoms with Crippen molar-refractivity contribution in [1.82, 2.24) is 24.1 Å². The van der Waals surface area contributed by atoms with Gasteiger partial charge in [-0.25, -0.2) is 13.2 Å². The van der Waals surface area contributed by atoms with Gasteiger partial charge in [0.2, 0.25) is 15.9 Å². The zero-order valence-electron chi connectivity index (χ0n) is 16.7. The zero-order chi connectivity index (χ0) is 21.7. The van der Waals surface area contributed by atoms with Crippen molar-refractivity contribution in [2.45, 2.75) is 24.4 Å². The number of carbonyl (C=O) groups is 1. The summed E-state index contributed by atoms with van der Waals surface area (Å²) in [6, 6.07) is 7.67. The number of carbonyl (C=O) groups excluding carboxylic acids is 1. The minimum Gasteiger partial charge on any atom is -0.352 e. The van der Waals surface area contributed by atoms with Crippen LogP contribution in [0.25, 0.3) is 0 Å². The largest absolute Gasteiger partial charge is 0.352 e. The van der Waals surface area contributed by atoms with Crippen molar-refractivity contribution >= 4 is 15.9 Å². The highest BCUT2D eigenvalue weighted by molar-refractivity contribution is 7.89. The van der Waals surface area contributed by atoms with Crippen LogP contribution in [0.15, 0.2) is 51.0 Å². The highest BCUT2D eigenvalue weighted by Gasteiger charge is 2.27. The quantitative estimate of drug-likeness (QED) is 0.586. The molecule has 2 N–H and O–H groups in total. The molecule has 10 nitrogen and oxygen atoms in total. The number of rotatable bonds is 7. The first-order valence-electron chi connectivity index (χ1n) is 9.60. The monoisotopic (exact) mass is 435 g/mol. The molecule has 2 heterocycles. The number of nitrogens with zero attached hydrogens (tertiary/aromatic N) is 3. The van der Waals surface area contributed by atoms with E-state index in [-0.39, 0.29) is 30.3 Å². The van der Waals surface area contributed by atoms with Gasteiger partial charge in [-0.2, -0.15) is 4.31 Å². The number of nitrogens with one attached hydrogen (secondary N) is 2. The Morgan fingerprint density at radius 1 is 1.07 bits per heavy atom. The van der Waals surface area contributed by atoms with Crippen LogP contribution in [0.4, 0.5) is 0 Å². The highest BCUT2D eigenvalue weighted by atomic mass is 32.2. The Labute approximate surface area is 174 Å². The van der Waals surface area contributed by atoms with Gasteiger partial charge >= 0.3 is 5.69 Å². The third-order valence-corrected chi connectivity index (χ3v) is 6.90. The van der Waals surface area contributed by atoms with Gasteiger partial charge in [0.25, 0.3) is 5.56 Å². The maximum Gasteiger partial charge on any atom is 0.328 e. The minimum atomic E-state index is -3.52. The van der Waals surface area contributed by atoms with Crippen molar-refractivity contribution in [1.29, 1.82) is 0 Å². The lowest BCUT2D eigenvalue weighted by atomic mass is 10.2. The number of sulfonamides is 1. The van der Waals surface area contributed by atoms with E-state index in [1.807, 2.05) is 7.05 Å². The Balaban J connectivity index is 1.52. The lowest BCUT2D eigenvalue weighted by Crippen LogP contribution is -2.47. The second-order valence-electron chi connectivity index (χ2n) is 7.18. The summed E-state index contributed by atoms with van der Waals surface area (Å²) >= 11 is 0. The first-order valence-corrected chi connectivity index (χ1v) is 11.0. The van der Waals surface area contributed by atoms with Crippen LogP contribution in [0.5, 0.6) is 0 Å². The van der Waals surface area contributed by atoms with E-state index in [4.69, 9.17) is 0 Å². The van der Waals surface area contributed by atoms with Gasteiger partial charge in [0.1, 0.15) is 0 Å². The van der Waals surface area contributed by atoms with E-state index in [0.717, 1.165) is 5.56 Å². The molecule has 0 aliphatic carbocycles. The average Bonchev–Trinajstić information content (AvgIpc) is 2.72. The molecule has 0 radical (unpaired) electrons. The van der Waals surface area contributed by atoms with Crippen molar-refractivity contribution in [2.24, 2.45) is 0 Å². The molecular formula is C19H25N5O5S. The Hall–Kier alpha value is -2.76. The molecule has 162 valence electrons. The molecule has 0 saturated carbocycles. The molecule has 0 unspecified atom stereocenters. The topological polar surface area (TPSA) is 125 Å². The molecule has 0 spiro atoms. The number of amides is 1. The van der Waals surface area contributed by atoms with E-state index in [9.17, 15) is 22.8 Å². The number of aromatic amines is 1. The zero-order valence-corrected chi connectivity index (χ0v) is 17.5. The molecular weight excluding hydrogens is 410 g/mol. The first kappa shape index (κ1) is 21.9. The summed E-state index contributed by atoms with van der Waals surface area (Å²) < 4.78 is 28.2. The predicted octanol–water partition coefficient (Wildman–Crippen LogP) is -0.821. The smallest absolute Gasteiger partial charge is 0.328 e. The molecule has 2 aromatic rings. The Bertz CT molecular complexity index is 1100. The summed E-state index contributed by atoms with van der Waals surface area (Å²) in [5, 5.41) is 2.73. The van der Waals surface area contributed by atoms with Crippen LogP contribution in [0, 0.1) is 0 Å². The fraction of sp³-hybridized carbons (Fsp3) is 0.421. The van der Waals surface area contributed by atoms with Gasteiger partial charge in [0.15, 0.2) is 0 Å². The van der Waals surface area contributed by atoms with Gasteiger partial charge in [0, 0.05) is 58.0 Å². The molecule has 0 bridgehead atoms. The standard InChI is InChI=1S/C19H25N5O5S/c1-22-10-12-24(13-11-22)30(28,29)16-4-2-15(3-5-16)14-20-17(25)6-8-23-9-7-18(26)21-19(23)27/h2-5,7,9H,6,8,10-14H2,1H3,(H,20,25)(H,21,26,27). The van der Waals surface area contributed by atoms with Gasteiger partial charge < -0.3 is 14.8 Å². The molecule has 3 rings (SSSR count). The van der Waals surface area contributed by atoms with E-state index in [0.29, 0.717) is 26.2 Å². The average molecular weight is 436 g/mol. The Morgan fingerprint density at radius 3 is 2.37 bits per heavy atom. The highest BCUT2D eigenvalue weighted by Crippen LogP contribution is 2.18. The molecule has 30 heavy (non-hydrogen) atoms. The second kappa shape index (κ2) is 9.37. The van der Waals surface area contributed by atoms with E-state index in [2.05, 4.69) is 15.2 Å². The summed E-state index contributed by atoms with van der Waals surface area (Å²) in [7, 11) is -1.55. The van der Waals surface area contributed by atoms with Crippen molar-refractivity contribution < 1.29 is 13.2 Å². The maximum absolute atomic E-state index is 12.7. The van der Waals surface area contributed by atoms with E-state index in [1.165, 1.54) is 21.1 Å². The van der Waals surface area contributed by atoms with Crippen molar-refractivity contribution in [2.75, 3.05) is 33.2 Å². The van der Waals surface area contributed by atoms with Gasteiger partial charge in [-0.3, -0.25) is 14.6 Å². The number of piperazine rings is 1. The molecule has 0 atom stereocenters. The van der Waals surface area contributed by atoms with Crippen molar-refractivity contribution in [3.63, 3.8) is 0 Å². The molecule has 11 heteroatoms. The van der Waals surface area contributed by atoms with Gasteiger partial charge in [-0.15, -0.1) is 0 Å². The van der Waals surface area contributed by atoms with Gasteiger partial charge in [-0.1, -0.05) is 12.1 Å². The summed E-state index contributed by atoms with van der Waals surface area (Å²) in [4.78, 5) is 39.1. The SMILES string of the molecule is CN1CCN(S(=O)(=O)c2ccc(CNC(=O)CCn3ccc(=O)[nH]c3=O)cc2)CC1. The number of hydrogen-bond acceptors (Lipinski definition) is 6. The number of aromatic nitrogens is 2. The van der Waals surface area contributed by atoms with E-state index >= 15 is 0 Å². The minimum absolute atomic E-state index is 0.0712. The van der Waals surface area contributed by atoms with Gasteiger partial charge in [-0.05, 0) is 24.7 Å². The van der Waals surface area contributed by atoms with Crippen LogP contribution in [-0.4, -0.2) is 66.3 Å². The summed E-state index contributed by atoms with van der Waals surface area (Å²) in [5.41, 5.74) is -0.284. The van der Waals surface area contributed by atoms with Crippen LogP contribution in [0.1, 0.15) is 12.0 Å². The van der Waals surface area contributed by atoms with Crippen LogP contribution < -0.4 is 16.6 Å². The number of likely N-dealkylation sites (N-methyl/N-ethyl adjacent to an activating group) is 1. The number of hydrogen-bond donors (Lipinski definition) is 2. The number of H-pyrrole nitrogens is 1. The van der Waals surface area contributed by atoms with Crippen LogP contribution in [-0.2, 0) is 27.9 Å². The van der Waals surface area contributed by atoms with Crippen LogP contribution in [0.3, 0.4) is 0 Å². The lowest BCUT2D eigenvalue weighted by Gasteiger charge is -2.31. The fourth-order valence-corrected chi connectivity index (χ4v) is 4.51. The van der Waals surface area contributed by atoms with E-state index in [1.54, 1.807) is 24.3 Å². The third-order valence-electron chi connectivity index (χ3n) is 4.99. The summed E-state index contributed by atoms with van der Waals surface area (Å²) in [5.74, 6) is -0.262. The number of benzene rings is 1. The Kier molecular flexibility index (Phi) is 6.85. The maximum atomic E-state index is 12.7. The van der Waals surface area contributed by atoms with Crippen LogP contribution >= 0.6 is 0 Å². The first-order chi connectivity index (χ1) is 14.3. The molecule has 1 aliphatic heterocycles. The third kappa shape index (κ3) is 5.43. The normalized spacial score (nSPS) is 15.8. The second-order valence-corrected chi connectivity index (χ2v) is 9.12. The molecule has 1 aromatic heterocycles. The van der Waals surface area contributed by atoms with E-state index < -0.39 is 21.3 Å². The molecule has 1 fully saturated rings. The lowest BCUT2D eigenvalue weighted by molar-refractivity contribution is -0.121. The fourth-order valence-electron chi connectivity index (χ4n) is 3.09. The van der Waals surface area contributed by atoms with Crippen molar-refractivity contribution in [3.05, 3.63) is 62.9 Å².